The second-order valence-corrected chi connectivity index (χ2v) is 6.75. The Balaban J connectivity index is 3.70. The molecule has 0 radical (unpaired) electrons. The van der Waals surface area contributed by atoms with Gasteiger partial charge in [0.2, 0.25) is 0 Å². The first kappa shape index (κ1) is 12.1. The van der Waals surface area contributed by atoms with Gasteiger partial charge >= 0.3 is 8.56 Å². The first-order chi connectivity index (χ1) is 5.68. The van der Waals surface area contributed by atoms with Gasteiger partial charge in [-0.2, -0.15) is 0 Å². The molecule has 0 heterocycles. The molecule has 0 spiro atoms. The van der Waals surface area contributed by atoms with Crippen LogP contribution in [-0.4, -0.2) is 22.3 Å². The molecule has 3 heteroatoms. The fraction of sp³-hybridized carbons (Fsp3) is 1.00. The Morgan fingerprint density at radius 1 is 1.17 bits per heavy atom. The summed E-state index contributed by atoms with van der Waals surface area (Å²) in [6, 6.07) is 1.12. The van der Waals surface area contributed by atoms with Crippen molar-refractivity contribution in [1.82, 2.24) is 0 Å². The Labute approximate surface area is 77.5 Å². The molecule has 0 aromatic rings. The highest BCUT2D eigenvalue weighted by Gasteiger charge is 2.28. The van der Waals surface area contributed by atoms with E-state index in [2.05, 4.69) is 20.4 Å². The summed E-state index contributed by atoms with van der Waals surface area (Å²) < 4.78 is 11.2. The maximum Gasteiger partial charge on any atom is 0.334 e. The zero-order valence-electron chi connectivity index (χ0n) is 8.85. The molecule has 0 aliphatic rings. The van der Waals surface area contributed by atoms with E-state index in [0.717, 1.165) is 19.1 Å². The van der Waals surface area contributed by atoms with Crippen LogP contribution >= 0.6 is 0 Å². The predicted molar refractivity (Wildman–Crippen MR) is 54.6 cm³/mol. The molecule has 0 fully saturated rings. The summed E-state index contributed by atoms with van der Waals surface area (Å²) in [5.74, 6) is 0. The van der Waals surface area contributed by atoms with Crippen molar-refractivity contribution in [2.24, 2.45) is 0 Å². The second-order valence-electron chi connectivity index (χ2n) is 3.29. The minimum Gasteiger partial charge on any atom is -0.398 e. The molecule has 12 heavy (non-hydrogen) atoms. The Morgan fingerprint density at radius 2 is 1.83 bits per heavy atom. The molecule has 1 atom stereocenters. The summed E-state index contributed by atoms with van der Waals surface area (Å²) in [5.41, 5.74) is 0. The van der Waals surface area contributed by atoms with Gasteiger partial charge < -0.3 is 8.85 Å². The molecule has 0 aliphatic carbocycles. The molecule has 0 bridgehead atoms. The van der Waals surface area contributed by atoms with Crippen LogP contribution in [0.4, 0.5) is 0 Å². The first-order valence-electron chi connectivity index (χ1n) is 4.87. The van der Waals surface area contributed by atoms with E-state index in [9.17, 15) is 0 Å². The zero-order valence-corrected chi connectivity index (χ0v) is 9.85. The van der Waals surface area contributed by atoms with Gasteiger partial charge in [-0.05, 0) is 19.0 Å². The van der Waals surface area contributed by atoms with Crippen LogP contribution in [0.25, 0.3) is 0 Å². The molecular formula is C9H22O2Si. The van der Waals surface area contributed by atoms with Gasteiger partial charge in [-0.3, -0.25) is 0 Å². The summed E-state index contributed by atoms with van der Waals surface area (Å²) in [6.07, 6.45) is 3.53. The molecule has 2 nitrogen and oxygen atoms in total. The molecule has 0 saturated carbocycles. The topological polar surface area (TPSA) is 18.5 Å². The van der Waals surface area contributed by atoms with E-state index in [1.165, 1.54) is 12.8 Å². The van der Waals surface area contributed by atoms with Crippen molar-refractivity contribution in [3.63, 3.8) is 0 Å². The summed E-state index contributed by atoms with van der Waals surface area (Å²) in [7, 11) is 0.0100. The van der Waals surface area contributed by atoms with E-state index in [1.54, 1.807) is 7.11 Å². The second kappa shape index (κ2) is 6.63. The van der Waals surface area contributed by atoms with Gasteiger partial charge in [-0.15, -0.1) is 0 Å². The molecule has 1 unspecified atom stereocenters. The van der Waals surface area contributed by atoms with Crippen LogP contribution in [0.1, 0.15) is 33.1 Å². The number of unbranched alkanes of at least 4 members (excludes halogenated alkanes) is 1. The lowest BCUT2D eigenvalue weighted by Gasteiger charge is -2.24. The van der Waals surface area contributed by atoms with Gasteiger partial charge in [0.1, 0.15) is 0 Å². The third kappa shape index (κ3) is 4.90. The summed E-state index contributed by atoms with van der Waals surface area (Å²) >= 11 is 0. The van der Waals surface area contributed by atoms with Crippen molar-refractivity contribution in [2.45, 2.75) is 45.7 Å². The SMILES string of the molecule is CCCC[Si](C)(OC)OCCC. The van der Waals surface area contributed by atoms with E-state index in [0.29, 0.717) is 0 Å². The van der Waals surface area contributed by atoms with Crippen LogP contribution in [-0.2, 0) is 8.85 Å². The van der Waals surface area contributed by atoms with Crippen LogP contribution in [0.15, 0.2) is 0 Å². The summed E-state index contributed by atoms with van der Waals surface area (Å²) in [5, 5.41) is 0. The summed E-state index contributed by atoms with van der Waals surface area (Å²) in [4.78, 5) is 0. The lowest BCUT2D eigenvalue weighted by atomic mass is 10.4. The maximum absolute atomic E-state index is 5.75. The van der Waals surface area contributed by atoms with Crippen LogP contribution in [0.5, 0.6) is 0 Å². The zero-order chi connectivity index (χ0) is 9.45. The largest absolute Gasteiger partial charge is 0.398 e. The molecule has 0 amide bonds. The van der Waals surface area contributed by atoms with E-state index >= 15 is 0 Å². The number of hydrogen-bond donors (Lipinski definition) is 0. The van der Waals surface area contributed by atoms with Crippen LogP contribution in [0.2, 0.25) is 12.6 Å². The molecule has 0 N–H and O–H groups in total. The van der Waals surface area contributed by atoms with E-state index in [-0.39, 0.29) is 0 Å². The van der Waals surface area contributed by atoms with Crippen molar-refractivity contribution in [1.29, 1.82) is 0 Å². The maximum atomic E-state index is 5.75. The van der Waals surface area contributed by atoms with E-state index in [1.807, 2.05) is 0 Å². The van der Waals surface area contributed by atoms with Gasteiger partial charge in [0.05, 0.1) is 0 Å². The minimum absolute atomic E-state index is 0.847. The summed E-state index contributed by atoms with van der Waals surface area (Å²) in [6.45, 7) is 7.33. The van der Waals surface area contributed by atoms with Gasteiger partial charge in [0.15, 0.2) is 0 Å². The molecular weight excluding hydrogens is 168 g/mol. The lowest BCUT2D eigenvalue weighted by molar-refractivity contribution is 0.204. The average Bonchev–Trinajstić information content (AvgIpc) is 2.11. The van der Waals surface area contributed by atoms with Crippen LogP contribution in [0.3, 0.4) is 0 Å². The molecule has 0 aromatic heterocycles. The Bertz CT molecular complexity index is 98.7. The quantitative estimate of drug-likeness (QED) is 0.575. The fourth-order valence-corrected chi connectivity index (χ4v) is 3.15. The van der Waals surface area contributed by atoms with Gasteiger partial charge in [-0.25, -0.2) is 0 Å². The van der Waals surface area contributed by atoms with Crippen LogP contribution in [0, 0.1) is 0 Å². The highest BCUT2D eigenvalue weighted by Crippen LogP contribution is 2.16. The average molecular weight is 190 g/mol. The van der Waals surface area contributed by atoms with Crippen LogP contribution < -0.4 is 0 Å². The highest BCUT2D eigenvalue weighted by molar-refractivity contribution is 6.65. The Hall–Kier alpha value is 0.137. The van der Waals surface area contributed by atoms with Crippen molar-refractivity contribution in [2.75, 3.05) is 13.7 Å². The molecule has 0 aromatic carbocycles. The van der Waals surface area contributed by atoms with Gasteiger partial charge in [-0.1, -0.05) is 26.7 Å². The lowest BCUT2D eigenvalue weighted by Crippen LogP contribution is -2.37. The smallest absolute Gasteiger partial charge is 0.334 e. The number of hydrogen-bond acceptors (Lipinski definition) is 2. The molecule has 0 aliphatic heterocycles. The Morgan fingerprint density at radius 3 is 2.25 bits per heavy atom. The number of rotatable bonds is 7. The van der Waals surface area contributed by atoms with Crippen molar-refractivity contribution >= 4 is 8.56 Å². The normalized spacial score (nSPS) is 16.0. The monoisotopic (exact) mass is 190 g/mol. The molecule has 0 rings (SSSR count). The first-order valence-corrected chi connectivity index (χ1v) is 7.40. The van der Waals surface area contributed by atoms with Crippen molar-refractivity contribution in [3.05, 3.63) is 0 Å². The Kier molecular flexibility index (Phi) is 6.71. The van der Waals surface area contributed by atoms with Crippen molar-refractivity contribution < 1.29 is 8.85 Å². The molecule has 0 saturated heterocycles. The third-order valence-corrected chi connectivity index (χ3v) is 4.97. The predicted octanol–water partition coefficient (Wildman–Crippen LogP) is 2.93. The van der Waals surface area contributed by atoms with Crippen molar-refractivity contribution in [3.8, 4) is 0 Å². The third-order valence-electron chi connectivity index (χ3n) is 2.03. The van der Waals surface area contributed by atoms with E-state index in [4.69, 9.17) is 8.85 Å². The van der Waals surface area contributed by atoms with Gasteiger partial charge in [0, 0.05) is 13.7 Å². The minimum atomic E-state index is -1.77. The molecule has 74 valence electrons. The standard InChI is InChI=1S/C9H22O2Si/c1-5-7-9-12(4,10-3)11-8-6-2/h5-9H2,1-4H3. The van der Waals surface area contributed by atoms with Gasteiger partial charge in [0.25, 0.3) is 0 Å². The fourth-order valence-electron chi connectivity index (χ4n) is 1.05. The van der Waals surface area contributed by atoms with E-state index < -0.39 is 8.56 Å². The highest BCUT2D eigenvalue weighted by atomic mass is 28.4.